The van der Waals surface area contributed by atoms with Crippen molar-refractivity contribution in [3.05, 3.63) is 47.4 Å². The van der Waals surface area contributed by atoms with Crippen LogP contribution in [-0.2, 0) is 11.2 Å². The zero-order chi connectivity index (χ0) is 24.4. The molecule has 0 aliphatic rings. The van der Waals surface area contributed by atoms with Crippen molar-refractivity contribution in [2.24, 2.45) is 10.7 Å². The van der Waals surface area contributed by atoms with Gasteiger partial charge in [0.15, 0.2) is 16.8 Å². The second-order valence-electron chi connectivity index (χ2n) is 7.24. The van der Waals surface area contributed by atoms with E-state index in [-0.39, 0.29) is 54.0 Å². The zero-order valence-electron chi connectivity index (χ0n) is 18.5. The van der Waals surface area contributed by atoms with Gasteiger partial charge in [-0.05, 0) is 25.0 Å². The number of thioether (sulfide) groups is 1. The van der Waals surface area contributed by atoms with Crippen molar-refractivity contribution in [2.75, 3.05) is 39.4 Å². The van der Waals surface area contributed by atoms with Gasteiger partial charge in [0.25, 0.3) is 5.91 Å². The fourth-order valence-electron chi connectivity index (χ4n) is 2.90. The molecule has 180 valence electrons. The average molecular weight is 486 g/mol. The lowest BCUT2D eigenvalue weighted by Gasteiger charge is -2.28. The number of nitrogens with two attached hydrogens (primary N) is 1. The third-order valence-electron chi connectivity index (χ3n) is 4.34. The standard InChI is InChI=1S/C21H26F3N5O3S/c1-21(12-31-3,33-20(25)26-2)9-13-7-14(8-15(23)18(13)24)29-19(30)16-10-28-17(11-27-16)32-6-4-5-22/h7-8,10-11H,4-6,9,12H2,1-3H3,(H2,25,26)(H,29,30)/t21-/m1/s1. The van der Waals surface area contributed by atoms with E-state index in [0.29, 0.717) is 0 Å². The Hall–Kier alpha value is -2.86. The monoisotopic (exact) mass is 485 g/mol. The second-order valence-corrected chi connectivity index (χ2v) is 8.85. The Bertz CT molecular complexity index is 978. The largest absolute Gasteiger partial charge is 0.476 e. The summed E-state index contributed by atoms with van der Waals surface area (Å²) < 4.78 is 50.6. The quantitative estimate of drug-likeness (QED) is 0.285. The Morgan fingerprint density at radius 2 is 2.06 bits per heavy atom. The number of carbonyl (C=O) groups is 1. The fraction of sp³-hybridized carbons (Fsp3) is 0.429. The molecule has 1 aromatic carbocycles. The number of methoxy groups -OCH3 is 1. The summed E-state index contributed by atoms with van der Waals surface area (Å²) in [5.74, 6) is -2.68. The van der Waals surface area contributed by atoms with Gasteiger partial charge in [0.2, 0.25) is 5.88 Å². The Morgan fingerprint density at radius 1 is 1.30 bits per heavy atom. The van der Waals surface area contributed by atoms with Crippen molar-refractivity contribution in [1.29, 1.82) is 0 Å². The van der Waals surface area contributed by atoms with Gasteiger partial charge in [-0.1, -0.05) is 11.8 Å². The summed E-state index contributed by atoms with van der Waals surface area (Å²) in [5, 5.41) is 2.76. The van der Waals surface area contributed by atoms with Crippen LogP contribution < -0.4 is 15.8 Å². The van der Waals surface area contributed by atoms with E-state index < -0.39 is 29.0 Å². The van der Waals surface area contributed by atoms with Crippen molar-refractivity contribution in [3.8, 4) is 5.88 Å². The highest BCUT2D eigenvalue weighted by Crippen LogP contribution is 2.32. The molecule has 1 heterocycles. The van der Waals surface area contributed by atoms with Gasteiger partial charge in [-0.25, -0.2) is 18.7 Å². The van der Waals surface area contributed by atoms with Crippen molar-refractivity contribution >= 4 is 28.5 Å². The molecule has 0 saturated heterocycles. The number of nitrogens with one attached hydrogen (secondary N) is 1. The number of amides is 1. The molecule has 1 amide bonds. The van der Waals surface area contributed by atoms with Gasteiger partial charge in [0, 0.05) is 37.1 Å². The number of aromatic nitrogens is 2. The lowest BCUT2D eigenvalue weighted by atomic mass is 9.99. The summed E-state index contributed by atoms with van der Waals surface area (Å²) in [6.07, 6.45) is 2.65. The molecule has 12 heteroatoms. The van der Waals surface area contributed by atoms with Crippen molar-refractivity contribution in [2.45, 2.75) is 24.5 Å². The van der Waals surface area contributed by atoms with Crippen LogP contribution in [0.4, 0.5) is 18.9 Å². The van der Waals surface area contributed by atoms with Gasteiger partial charge >= 0.3 is 0 Å². The molecule has 0 fully saturated rings. The highest BCUT2D eigenvalue weighted by Gasteiger charge is 2.30. The van der Waals surface area contributed by atoms with Gasteiger partial charge in [0.1, 0.15) is 5.69 Å². The molecule has 0 aliphatic carbocycles. The van der Waals surface area contributed by atoms with Crippen LogP contribution in [0.3, 0.4) is 0 Å². The van der Waals surface area contributed by atoms with E-state index in [1.165, 1.54) is 44.4 Å². The molecular formula is C21H26F3N5O3S. The van der Waals surface area contributed by atoms with E-state index >= 15 is 0 Å². The van der Waals surface area contributed by atoms with Crippen LogP contribution in [0.2, 0.25) is 0 Å². The summed E-state index contributed by atoms with van der Waals surface area (Å²) in [7, 11) is 3.02. The zero-order valence-corrected chi connectivity index (χ0v) is 19.3. The molecule has 0 spiro atoms. The number of anilines is 1. The van der Waals surface area contributed by atoms with Crippen molar-refractivity contribution in [3.63, 3.8) is 0 Å². The minimum atomic E-state index is -1.12. The molecular weight excluding hydrogens is 459 g/mol. The Kier molecular flexibility index (Phi) is 9.92. The first-order valence-corrected chi connectivity index (χ1v) is 10.7. The number of hydrogen-bond donors (Lipinski definition) is 2. The van der Waals surface area contributed by atoms with Crippen molar-refractivity contribution < 1.29 is 27.4 Å². The Labute approximate surface area is 194 Å². The normalized spacial score (nSPS) is 13.5. The molecule has 3 N–H and O–H groups in total. The number of benzene rings is 1. The molecule has 0 saturated carbocycles. The predicted octanol–water partition coefficient (Wildman–Crippen LogP) is 3.37. The van der Waals surface area contributed by atoms with Gasteiger partial charge in [0.05, 0.1) is 32.3 Å². The third kappa shape index (κ3) is 7.90. The van der Waals surface area contributed by atoms with Crippen LogP contribution in [0.15, 0.2) is 29.5 Å². The lowest BCUT2D eigenvalue weighted by Crippen LogP contribution is -2.33. The van der Waals surface area contributed by atoms with E-state index in [1.807, 2.05) is 0 Å². The highest BCUT2D eigenvalue weighted by atomic mass is 32.2. The number of alkyl halides is 1. The summed E-state index contributed by atoms with van der Waals surface area (Å²) in [5.41, 5.74) is 5.82. The van der Waals surface area contributed by atoms with Crippen LogP contribution >= 0.6 is 11.8 Å². The maximum Gasteiger partial charge on any atom is 0.275 e. The number of carbonyl (C=O) groups excluding carboxylic acids is 1. The average Bonchev–Trinajstić information content (AvgIpc) is 2.77. The number of halogens is 3. The molecule has 2 aromatic rings. The predicted molar refractivity (Wildman–Crippen MR) is 122 cm³/mol. The molecule has 0 radical (unpaired) electrons. The van der Waals surface area contributed by atoms with Gasteiger partial charge in [-0.3, -0.25) is 14.2 Å². The molecule has 1 atom stereocenters. The summed E-state index contributed by atoms with van der Waals surface area (Å²) in [6.45, 7) is 1.59. The molecule has 0 unspecified atom stereocenters. The molecule has 1 aromatic heterocycles. The number of rotatable bonds is 11. The van der Waals surface area contributed by atoms with Gasteiger partial charge in [-0.15, -0.1) is 0 Å². The molecule has 2 rings (SSSR count). The van der Waals surface area contributed by atoms with Crippen LogP contribution in [0.1, 0.15) is 29.4 Å². The Balaban J connectivity index is 2.19. The minimum absolute atomic E-state index is 0.0314. The smallest absolute Gasteiger partial charge is 0.275 e. The maximum atomic E-state index is 14.5. The van der Waals surface area contributed by atoms with Crippen LogP contribution in [0, 0.1) is 11.6 Å². The number of nitrogens with zero attached hydrogens (tertiary/aromatic N) is 3. The topological polar surface area (TPSA) is 112 Å². The van der Waals surface area contributed by atoms with E-state index in [9.17, 15) is 18.0 Å². The van der Waals surface area contributed by atoms with E-state index in [0.717, 1.165) is 6.07 Å². The fourth-order valence-corrected chi connectivity index (χ4v) is 3.90. The van der Waals surface area contributed by atoms with Crippen molar-refractivity contribution in [1.82, 2.24) is 9.97 Å². The lowest BCUT2D eigenvalue weighted by molar-refractivity contribution is 0.102. The molecule has 8 nitrogen and oxygen atoms in total. The SMILES string of the molecule is C/N=C(/N)S[C@@](C)(COC)Cc1cc(NC(=O)c2cnc(OCCCF)cn2)cc(F)c1F. The highest BCUT2D eigenvalue weighted by molar-refractivity contribution is 8.15. The van der Waals surface area contributed by atoms with Crippen LogP contribution in [0.25, 0.3) is 0 Å². The number of ether oxygens (including phenoxy) is 2. The Morgan fingerprint density at radius 3 is 2.67 bits per heavy atom. The van der Waals surface area contributed by atoms with Gasteiger partial charge in [-0.2, -0.15) is 0 Å². The van der Waals surface area contributed by atoms with Crippen LogP contribution in [-0.4, -0.2) is 59.8 Å². The first kappa shape index (κ1) is 26.4. The molecule has 0 aliphatic heterocycles. The summed E-state index contributed by atoms with van der Waals surface area (Å²) in [4.78, 5) is 24.2. The van der Waals surface area contributed by atoms with Gasteiger partial charge < -0.3 is 20.5 Å². The number of amidine groups is 1. The number of aliphatic imine (C=N–C) groups is 1. The molecule has 0 bridgehead atoms. The first-order valence-electron chi connectivity index (χ1n) is 9.91. The van der Waals surface area contributed by atoms with E-state index in [1.54, 1.807) is 6.92 Å². The maximum absolute atomic E-state index is 14.5. The first-order chi connectivity index (χ1) is 15.7. The molecule has 33 heavy (non-hydrogen) atoms. The number of hydrogen-bond acceptors (Lipinski definition) is 7. The summed E-state index contributed by atoms with van der Waals surface area (Å²) >= 11 is 1.18. The third-order valence-corrected chi connectivity index (χ3v) is 5.48. The van der Waals surface area contributed by atoms with E-state index in [2.05, 4.69) is 20.3 Å². The second kappa shape index (κ2) is 12.4. The summed E-state index contributed by atoms with van der Waals surface area (Å²) in [6, 6.07) is 2.22. The minimum Gasteiger partial charge on any atom is -0.476 e. The van der Waals surface area contributed by atoms with Crippen LogP contribution in [0.5, 0.6) is 5.88 Å². The van der Waals surface area contributed by atoms with E-state index in [4.69, 9.17) is 15.2 Å².